The van der Waals surface area contributed by atoms with Crippen LogP contribution in [0, 0.1) is 0 Å². The van der Waals surface area contributed by atoms with Crippen LogP contribution in [0.5, 0.6) is 0 Å². The molecule has 0 saturated carbocycles. The van der Waals surface area contributed by atoms with Crippen LogP contribution in [0.2, 0.25) is 0 Å². The maximum Gasteiger partial charge on any atom is 0.316 e. The van der Waals surface area contributed by atoms with Gasteiger partial charge in [0.2, 0.25) is 5.82 Å². The van der Waals surface area contributed by atoms with Crippen molar-refractivity contribution in [1.29, 1.82) is 0 Å². The second-order valence-corrected chi connectivity index (χ2v) is 5.91. The number of hydrogen-bond acceptors (Lipinski definition) is 6. The molecule has 0 atom stereocenters. The molecule has 9 heteroatoms. The fourth-order valence-corrected chi connectivity index (χ4v) is 2.89. The molecule has 0 fully saturated rings. The number of benzene rings is 1. The van der Waals surface area contributed by atoms with Crippen LogP contribution in [-0.4, -0.2) is 29.5 Å². The average molecular weight is 352 g/mol. The highest BCUT2D eigenvalue weighted by Crippen LogP contribution is 2.23. The van der Waals surface area contributed by atoms with Crippen molar-refractivity contribution in [2.75, 3.05) is 0 Å². The molecule has 0 unspecified atom stereocenters. The van der Waals surface area contributed by atoms with Crippen LogP contribution in [0.1, 0.15) is 13.3 Å². The van der Waals surface area contributed by atoms with Crippen molar-refractivity contribution in [1.82, 2.24) is 29.5 Å². The van der Waals surface area contributed by atoms with Crippen LogP contribution >= 0.6 is 0 Å². The molecule has 4 rings (SSSR count). The molecule has 9 nitrogen and oxygen atoms in total. The van der Waals surface area contributed by atoms with Gasteiger partial charge in [-0.3, -0.25) is 14.3 Å². The SMILES string of the molecule is CCCn1c(=O)c(=O)[nH]c2cc(-c3noc(-c4ccnn4C)n3)ccc21. The first kappa shape index (κ1) is 16.0. The van der Waals surface area contributed by atoms with Gasteiger partial charge in [0.15, 0.2) is 0 Å². The fourth-order valence-electron chi connectivity index (χ4n) is 2.89. The molecule has 0 saturated heterocycles. The summed E-state index contributed by atoms with van der Waals surface area (Å²) in [7, 11) is 1.78. The number of aromatic amines is 1. The largest absolute Gasteiger partial charge is 0.332 e. The Kier molecular flexibility index (Phi) is 3.76. The van der Waals surface area contributed by atoms with Crippen LogP contribution in [0.4, 0.5) is 0 Å². The molecule has 0 aliphatic rings. The van der Waals surface area contributed by atoms with Gasteiger partial charge in [-0.05, 0) is 30.7 Å². The molecule has 0 aliphatic heterocycles. The van der Waals surface area contributed by atoms with E-state index >= 15 is 0 Å². The summed E-state index contributed by atoms with van der Waals surface area (Å²) in [5, 5.41) is 8.08. The maximum atomic E-state index is 12.1. The minimum Gasteiger partial charge on any atom is -0.332 e. The zero-order valence-corrected chi connectivity index (χ0v) is 14.3. The van der Waals surface area contributed by atoms with E-state index in [0.29, 0.717) is 40.6 Å². The summed E-state index contributed by atoms with van der Waals surface area (Å²) >= 11 is 0. The molecule has 0 spiro atoms. The van der Waals surface area contributed by atoms with E-state index < -0.39 is 11.1 Å². The lowest BCUT2D eigenvalue weighted by atomic mass is 10.1. The molecule has 132 valence electrons. The van der Waals surface area contributed by atoms with Gasteiger partial charge in [-0.1, -0.05) is 12.1 Å². The van der Waals surface area contributed by atoms with Gasteiger partial charge >= 0.3 is 11.1 Å². The maximum absolute atomic E-state index is 12.1. The van der Waals surface area contributed by atoms with Gasteiger partial charge in [-0.2, -0.15) is 10.1 Å². The van der Waals surface area contributed by atoms with Crippen molar-refractivity contribution in [3.8, 4) is 23.0 Å². The number of rotatable bonds is 4. The summed E-state index contributed by atoms with van der Waals surface area (Å²) in [6.07, 6.45) is 2.39. The van der Waals surface area contributed by atoms with E-state index in [2.05, 4.69) is 20.2 Å². The van der Waals surface area contributed by atoms with Gasteiger partial charge in [0.05, 0.1) is 11.0 Å². The molecular weight excluding hydrogens is 336 g/mol. The van der Waals surface area contributed by atoms with Crippen molar-refractivity contribution < 1.29 is 4.52 Å². The minimum absolute atomic E-state index is 0.351. The summed E-state index contributed by atoms with van der Waals surface area (Å²) in [6.45, 7) is 2.43. The van der Waals surface area contributed by atoms with Crippen molar-refractivity contribution in [2.45, 2.75) is 19.9 Å². The number of fused-ring (bicyclic) bond motifs is 1. The van der Waals surface area contributed by atoms with Gasteiger partial charge < -0.3 is 14.1 Å². The third-order valence-electron chi connectivity index (χ3n) is 4.15. The van der Waals surface area contributed by atoms with E-state index in [-0.39, 0.29) is 0 Å². The van der Waals surface area contributed by atoms with Gasteiger partial charge in [0, 0.05) is 25.4 Å². The second kappa shape index (κ2) is 6.10. The zero-order chi connectivity index (χ0) is 18.3. The van der Waals surface area contributed by atoms with Gasteiger partial charge in [-0.15, -0.1) is 0 Å². The molecular formula is C17H16N6O3. The third-order valence-corrected chi connectivity index (χ3v) is 4.15. The first-order valence-corrected chi connectivity index (χ1v) is 8.18. The lowest BCUT2D eigenvalue weighted by Gasteiger charge is -2.08. The first-order chi connectivity index (χ1) is 12.6. The van der Waals surface area contributed by atoms with E-state index in [9.17, 15) is 9.59 Å². The van der Waals surface area contributed by atoms with E-state index in [1.807, 2.05) is 6.92 Å². The van der Waals surface area contributed by atoms with Crippen molar-refractivity contribution in [3.05, 3.63) is 51.2 Å². The molecule has 26 heavy (non-hydrogen) atoms. The highest BCUT2D eigenvalue weighted by molar-refractivity contribution is 5.80. The van der Waals surface area contributed by atoms with Crippen LogP contribution in [0.15, 0.2) is 44.6 Å². The lowest BCUT2D eigenvalue weighted by Crippen LogP contribution is -2.36. The fraction of sp³-hybridized carbons (Fsp3) is 0.235. The minimum atomic E-state index is -0.646. The number of aryl methyl sites for hydroxylation is 2. The number of nitrogens with zero attached hydrogens (tertiary/aromatic N) is 5. The molecule has 3 heterocycles. The van der Waals surface area contributed by atoms with Crippen LogP contribution in [-0.2, 0) is 13.6 Å². The summed E-state index contributed by atoms with van der Waals surface area (Å²) < 4.78 is 8.43. The Morgan fingerprint density at radius 3 is 2.81 bits per heavy atom. The van der Waals surface area contributed by atoms with Crippen molar-refractivity contribution >= 4 is 11.0 Å². The molecule has 0 amide bonds. The Morgan fingerprint density at radius 2 is 2.08 bits per heavy atom. The number of H-pyrrole nitrogens is 1. The van der Waals surface area contributed by atoms with Crippen LogP contribution in [0.3, 0.4) is 0 Å². The molecule has 4 aromatic rings. The summed E-state index contributed by atoms with van der Waals surface area (Å²) in [5.74, 6) is 0.738. The summed E-state index contributed by atoms with van der Waals surface area (Å²) in [4.78, 5) is 31.0. The smallest absolute Gasteiger partial charge is 0.316 e. The predicted octanol–water partition coefficient (Wildman–Crippen LogP) is 1.55. The molecule has 0 aliphatic carbocycles. The highest BCUT2D eigenvalue weighted by Gasteiger charge is 2.15. The van der Waals surface area contributed by atoms with E-state index in [1.165, 1.54) is 4.57 Å². The summed E-state index contributed by atoms with van der Waals surface area (Å²) in [6, 6.07) is 7.08. The average Bonchev–Trinajstić information content (AvgIpc) is 3.27. The highest BCUT2D eigenvalue weighted by atomic mass is 16.5. The van der Waals surface area contributed by atoms with Crippen LogP contribution in [0.25, 0.3) is 34.0 Å². The quantitative estimate of drug-likeness (QED) is 0.558. The molecule has 1 N–H and O–H groups in total. The molecule has 0 bridgehead atoms. The summed E-state index contributed by atoms with van der Waals surface area (Å²) in [5.41, 5.74) is 1.39. The lowest BCUT2D eigenvalue weighted by molar-refractivity contribution is 0.428. The predicted molar refractivity (Wildman–Crippen MR) is 94.6 cm³/mol. The Morgan fingerprint density at radius 1 is 1.23 bits per heavy atom. The Hall–Kier alpha value is -3.49. The van der Waals surface area contributed by atoms with E-state index in [1.54, 1.807) is 42.2 Å². The number of aromatic nitrogens is 6. The topological polar surface area (TPSA) is 112 Å². The third kappa shape index (κ3) is 2.53. The standard InChI is InChI=1S/C17H16N6O3/c1-3-8-23-12-5-4-10(9-11(12)19-15(24)17(23)25)14-20-16(26-21-14)13-6-7-18-22(13)2/h4-7,9H,3,8H2,1-2H3,(H,19,24). The Bertz CT molecular complexity index is 1210. The molecule has 1 aromatic carbocycles. The first-order valence-electron chi connectivity index (χ1n) is 8.18. The zero-order valence-electron chi connectivity index (χ0n) is 14.3. The second-order valence-electron chi connectivity index (χ2n) is 5.91. The monoisotopic (exact) mass is 352 g/mol. The number of hydrogen-bond donors (Lipinski definition) is 1. The van der Waals surface area contributed by atoms with Crippen molar-refractivity contribution in [2.24, 2.45) is 7.05 Å². The normalized spacial score (nSPS) is 11.3. The van der Waals surface area contributed by atoms with Gasteiger partial charge in [0.1, 0.15) is 5.69 Å². The van der Waals surface area contributed by atoms with Crippen molar-refractivity contribution in [3.63, 3.8) is 0 Å². The molecule has 3 aromatic heterocycles. The Labute approximate surface area is 146 Å². The Balaban J connectivity index is 1.83. The number of nitrogens with one attached hydrogen (secondary N) is 1. The molecule has 0 radical (unpaired) electrons. The van der Waals surface area contributed by atoms with E-state index in [0.717, 1.165) is 6.42 Å². The van der Waals surface area contributed by atoms with E-state index in [4.69, 9.17) is 4.52 Å². The van der Waals surface area contributed by atoms with Gasteiger partial charge in [-0.25, -0.2) is 0 Å². The van der Waals surface area contributed by atoms with Crippen LogP contribution < -0.4 is 11.1 Å². The van der Waals surface area contributed by atoms with Gasteiger partial charge in [0.25, 0.3) is 5.89 Å².